The number of nitrogens with zero attached hydrogens (tertiary/aromatic N) is 1. The minimum Gasteiger partial charge on any atom is -0.324 e. The minimum atomic E-state index is -0.183. The van der Waals surface area contributed by atoms with Crippen LogP contribution in [0.3, 0.4) is 0 Å². The van der Waals surface area contributed by atoms with Gasteiger partial charge in [0.15, 0.2) is 0 Å². The van der Waals surface area contributed by atoms with Crippen molar-refractivity contribution in [1.82, 2.24) is 4.98 Å². The van der Waals surface area contributed by atoms with Crippen LogP contribution in [0.5, 0.6) is 0 Å². The van der Waals surface area contributed by atoms with Crippen molar-refractivity contribution in [3.8, 4) is 0 Å². The predicted molar refractivity (Wildman–Crippen MR) is 75.9 cm³/mol. The molecular formula is C14H16N4O. The summed E-state index contributed by atoms with van der Waals surface area (Å²) in [6.07, 6.45) is 1.71. The van der Waals surface area contributed by atoms with Crippen LogP contribution in [0.1, 0.15) is 21.5 Å². The molecule has 0 aliphatic rings. The zero-order chi connectivity index (χ0) is 13.8. The van der Waals surface area contributed by atoms with Crippen LogP contribution in [0.25, 0.3) is 0 Å². The van der Waals surface area contributed by atoms with Gasteiger partial charge in [-0.05, 0) is 49.2 Å². The Bertz CT molecular complexity index is 593. The van der Waals surface area contributed by atoms with Crippen LogP contribution >= 0.6 is 0 Å². The van der Waals surface area contributed by atoms with Gasteiger partial charge in [0, 0.05) is 17.4 Å². The zero-order valence-electron chi connectivity index (χ0n) is 10.9. The highest BCUT2D eigenvalue weighted by Gasteiger charge is 2.10. The summed E-state index contributed by atoms with van der Waals surface area (Å²) >= 11 is 0. The van der Waals surface area contributed by atoms with Crippen molar-refractivity contribution >= 4 is 17.4 Å². The summed E-state index contributed by atoms with van der Waals surface area (Å²) in [5.74, 6) is 5.68. The van der Waals surface area contributed by atoms with Crippen molar-refractivity contribution in [3.05, 3.63) is 53.2 Å². The van der Waals surface area contributed by atoms with Gasteiger partial charge >= 0.3 is 0 Å². The van der Waals surface area contributed by atoms with Crippen molar-refractivity contribution in [2.75, 3.05) is 10.7 Å². The van der Waals surface area contributed by atoms with Gasteiger partial charge in [-0.25, -0.2) is 4.98 Å². The topological polar surface area (TPSA) is 80.0 Å². The van der Waals surface area contributed by atoms with Gasteiger partial charge in [0.2, 0.25) is 0 Å². The maximum absolute atomic E-state index is 12.1. The normalized spacial score (nSPS) is 10.1. The second kappa shape index (κ2) is 5.49. The molecule has 0 saturated carbocycles. The number of hydrazine groups is 1. The number of hydrogen-bond acceptors (Lipinski definition) is 4. The Balaban J connectivity index is 2.18. The third-order valence-electron chi connectivity index (χ3n) is 2.79. The zero-order valence-corrected chi connectivity index (χ0v) is 10.9. The molecule has 5 nitrogen and oxygen atoms in total. The van der Waals surface area contributed by atoms with Gasteiger partial charge in [-0.1, -0.05) is 6.07 Å². The van der Waals surface area contributed by atoms with Crippen molar-refractivity contribution < 1.29 is 4.79 Å². The van der Waals surface area contributed by atoms with E-state index in [0.717, 1.165) is 16.8 Å². The van der Waals surface area contributed by atoms with Crippen LogP contribution in [0.15, 0.2) is 36.5 Å². The van der Waals surface area contributed by atoms with Gasteiger partial charge in [-0.2, -0.15) is 0 Å². The Morgan fingerprint density at radius 1 is 1.21 bits per heavy atom. The lowest BCUT2D eigenvalue weighted by atomic mass is 10.1. The number of nitrogens with one attached hydrogen (secondary N) is 2. The minimum absolute atomic E-state index is 0.183. The number of pyridine rings is 1. The Kier molecular flexibility index (Phi) is 3.77. The molecule has 1 aromatic heterocycles. The quantitative estimate of drug-likeness (QED) is 0.581. The monoisotopic (exact) mass is 256 g/mol. The molecule has 98 valence electrons. The number of aromatic nitrogens is 1. The predicted octanol–water partition coefficient (Wildman–Crippen LogP) is 2.24. The number of carbonyl (C=O) groups is 1. The van der Waals surface area contributed by atoms with E-state index < -0.39 is 0 Å². The first kappa shape index (κ1) is 13.0. The average Bonchev–Trinajstić information content (AvgIpc) is 2.41. The van der Waals surface area contributed by atoms with Crippen LogP contribution < -0.4 is 16.6 Å². The van der Waals surface area contributed by atoms with E-state index in [0.29, 0.717) is 11.4 Å². The molecule has 1 aromatic carbocycles. The maximum atomic E-state index is 12.1. The number of hydrogen-bond donors (Lipinski definition) is 3. The number of nitrogens with two attached hydrogens (primary N) is 1. The Labute approximate surface area is 111 Å². The third-order valence-corrected chi connectivity index (χ3v) is 2.79. The molecule has 19 heavy (non-hydrogen) atoms. The van der Waals surface area contributed by atoms with Crippen LogP contribution in [0, 0.1) is 13.8 Å². The molecule has 1 heterocycles. The molecule has 0 unspecified atom stereocenters. The Hall–Kier alpha value is -2.40. The summed E-state index contributed by atoms with van der Waals surface area (Å²) < 4.78 is 0. The van der Waals surface area contributed by atoms with Crippen LogP contribution in [-0.4, -0.2) is 10.9 Å². The molecule has 2 rings (SSSR count). The van der Waals surface area contributed by atoms with Gasteiger partial charge in [0.25, 0.3) is 5.91 Å². The fourth-order valence-corrected chi connectivity index (χ4v) is 1.73. The first-order valence-electron chi connectivity index (χ1n) is 5.91. The summed E-state index contributed by atoms with van der Waals surface area (Å²) in [4.78, 5) is 16.3. The van der Waals surface area contributed by atoms with E-state index in [-0.39, 0.29) is 5.91 Å². The highest BCUT2D eigenvalue weighted by atomic mass is 16.1. The first-order chi connectivity index (χ1) is 9.10. The molecule has 0 bridgehead atoms. The van der Waals surface area contributed by atoms with E-state index >= 15 is 0 Å². The number of carbonyl (C=O) groups excluding carboxylic acids is 1. The maximum Gasteiger partial charge on any atom is 0.257 e. The second-order valence-electron chi connectivity index (χ2n) is 4.35. The number of nitrogen functional groups attached to an aromatic ring is 1. The Morgan fingerprint density at radius 3 is 2.58 bits per heavy atom. The Morgan fingerprint density at radius 2 is 2.00 bits per heavy atom. The molecule has 0 aliphatic carbocycles. The van der Waals surface area contributed by atoms with E-state index in [1.54, 1.807) is 24.4 Å². The highest BCUT2D eigenvalue weighted by Crippen LogP contribution is 2.15. The first-order valence-corrected chi connectivity index (χ1v) is 5.91. The fourth-order valence-electron chi connectivity index (χ4n) is 1.73. The molecule has 4 N–H and O–H groups in total. The second-order valence-corrected chi connectivity index (χ2v) is 4.35. The number of anilines is 2. The number of benzene rings is 1. The van der Waals surface area contributed by atoms with Crippen molar-refractivity contribution in [2.24, 2.45) is 5.84 Å². The smallest absolute Gasteiger partial charge is 0.257 e. The molecule has 1 amide bonds. The van der Waals surface area contributed by atoms with Gasteiger partial charge < -0.3 is 10.7 Å². The lowest BCUT2D eigenvalue weighted by molar-refractivity contribution is 0.102. The molecule has 0 spiro atoms. The van der Waals surface area contributed by atoms with Crippen molar-refractivity contribution in [1.29, 1.82) is 0 Å². The SMILES string of the molecule is Cc1ccc(NC(=O)c2ccc(NN)cc2C)nc1. The van der Waals surface area contributed by atoms with Crippen LogP contribution in [0.4, 0.5) is 11.5 Å². The summed E-state index contributed by atoms with van der Waals surface area (Å²) in [5, 5.41) is 2.76. The van der Waals surface area contributed by atoms with Crippen LogP contribution in [0.2, 0.25) is 0 Å². The third kappa shape index (κ3) is 3.08. The number of amides is 1. The summed E-state index contributed by atoms with van der Waals surface area (Å²) in [7, 11) is 0. The molecule has 0 radical (unpaired) electrons. The fraction of sp³-hybridized carbons (Fsp3) is 0.143. The standard InChI is InChI=1S/C14H16N4O/c1-9-3-6-13(16-8-9)17-14(19)12-5-4-11(18-15)7-10(12)2/h3-8,18H,15H2,1-2H3,(H,16,17,19). The van der Waals surface area contributed by atoms with E-state index in [4.69, 9.17) is 5.84 Å². The van der Waals surface area contributed by atoms with Crippen LogP contribution in [-0.2, 0) is 0 Å². The lowest BCUT2D eigenvalue weighted by Crippen LogP contribution is -2.15. The molecule has 0 saturated heterocycles. The molecule has 0 aliphatic heterocycles. The van der Waals surface area contributed by atoms with Crippen molar-refractivity contribution in [2.45, 2.75) is 13.8 Å². The largest absolute Gasteiger partial charge is 0.324 e. The van der Waals surface area contributed by atoms with E-state index in [1.807, 2.05) is 26.0 Å². The average molecular weight is 256 g/mol. The summed E-state index contributed by atoms with van der Waals surface area (Å²) in [6, 6.07) is 8.98. The highest BCUT2D eigenvalue weighted by molar-refractivity contribution is 6.05. The van der Waals surface area contributed by atoms with E-state index in [9.17, 15) is 4.79 Å². The lowest BCUT2D eigenvalue weighted by Gasteiger charge is -2.09. The summed E-state index contributed by atoms with van der Waals surface area (Å²) in [5.41, 5.74) is 5.81. The van der Waals surface area contributed by atoms with E-state index in [1.165, 1.54) is 0 Å². The van der Waals surface area contributed by atoms with E-state index in [2.05, 4.69) is 15.7 Å². The van der Waals surface area contributed by atoms with Gasteiger partial charge in [-0.3, -0.25) is 10.6 Å². The van der Waals surface area contributed by atoms with Gasteiger partial charge in [0.05, 0.1) is 0 Å². The molecule has 0 fully saturated rings. The number of aryl methyl sites for hydroxylation is 2. The summed E-state index contributed by atoms with van der Waals surface area (Å²) in [6.45, 7) is 3.81. The molecule has 0 atom stereocenters. The van der Waals surface area contributed by atoms with Gasteiger partial charge in [-0.15, -0.1) is 0 Å². The number of rotatable bonds is 3. The molecule has 5 heteroatoms. The van der Waals surface area contributed by atoms with Gasteiger partial charge in [0.1, 0.15) is 5.82 Å². The molecule has 2 aromatic rings. The molecular weight excluding hydrogens is 240 g/mol. The van der Waals surface area contributed by atoms with Crippen molar-refractivity contribution in [3.63, 3.8) is 0 Å².